The molecular formula is C25H33N3O6. The molecule has 2 saturated heterocycles. The number of nitrogens with zero attached hydrogens (tertiary/aromatic N) is 3. The second-order valence-corrected chi connectivity index (χ2v) is 9.39. The van der Waals surface area contributed by atoms with Gasteiger partial charge >= 0.3 is 0 Å². The molecule has 0 saturated carbocycles. The maximum Gasteiger partial charge on any atom is 0.253 e. The van der Waals surface area contributed by atoms with E-state index in [0.29, 0.717) is 31.1 Å². The van der Waals surface area contributed by atoms with Gasteiger partial charge in [-0.3, -0.25) is 4.79 Å². The van der Waals surface area contributed by atoms with Crippen molar-refractivity contribution in [3.05, 3.63) is 48.2 Å². The molecule has 0 radical (unpaired) electrons. The van der Waals surface area contributed by atoms with Crippen LogP contribution in [-0.4, -0.2) is 89.3 Å². The zero-order valence-corrected chi connectivity index (χ0v) is 19.8. The molecule has 9 nitrogen and oxygen atoms in total. The van der Waals surface area contributed by atoms with Crippen LogP contribution in [0.5, 0.6) is 11.5 Å². The molecule has 1 amide bonds. The highest BCUT2D eigenvalue weighted by Gasteiger charge is 2.49. The summed E-state index contributed by atoms with van der Waals surface area (Å²) < 4.78 is 11.8. The lowest BCUT2D eigenvalue weighted by Crippen LogP contribution is -2.54. The van der Waals surface area contributed by atoms with Crippen LogP contribution in [0.4, 0.5) is 5.82 Å². The average molecular weight is 472 g/mol. The van der Waals surface area contributed by atoms with Crippen molar-refractivity contribution in [2.45, 2.75) is 38.1 Å². The molecule has 1 aromatic carbocycles. The maximum absolute atomic E-state index is 12.6. The van der Waals surface area contributed by atoms with Gasteiger partial charge in [-0.2, -0.15) is 0 Å². The Morgan fingerprint density at radius 1 is 1.21 bits per heavy atom. The summed E-state index contributed by atoms with van der Waals surface area (Å²) in [4.78, 5) is 20.6. The van der Waals surface area contributed by atoms with Crippen LogP contribution >= 0.6 is 0 Å². The smallest absolute Gasteiger partial charge is 0.253 e. The van der Waals surface area contributed by atoms with Gasteiger partial charge in [0.25, 0.3) is 5.91 Å². The van der Waals surface area contributed by atoms with Crippen LogP contribution in [0.15, 0.2) is 42.6 Å². The first-order chi connectivity index (χ1) is 16.3. The molecule has 0 spiro atoms. The predicted molar refractivity (Wildman–Crippen MR) is 126 cm³/mol. The van der Waals surface area contributed by atoms with Crippen molar-refractivity contribution < 1.29 is 29.6 Å². The monoisotopic (exact) mass is 471 g/mol. The Morgan fingerprint density at radius 3 is 2.59 bits per heavy atom. The van der Waals surface area contributed by atoms with Crippen LogP contribution < -0.4 is 14.4 Å². The molecule has 2 unspecified atom stereocenters. The number of rotatable bonds is 8. The van der Waals surface area contributed by atoms with E-state index in [0.717, 1.165) is 11.4 Å². The van der Waals surface area contributed by atoms with E-state index < -0.39 is 30.1 Å². The second kappa shape index (κ2) is 9.77. The second-order valence-electron chi connectivity index (χ2n) is 9.39. The first kappa shape index (κ1) is 24.3. The Balaban J connectivity index is 1.53. The zero-order valence-electron chi connectivity index (χ0n) is 19.8. The molecule has 184 valence electrons. The third-order valence-electron chi connectivity index (χ3n) is 7.16. The van der Waals surface area contributed by atoms with Crippen molar-refractivity contribution in [3.8, 4) is 11.5 Å². The quantitative estimate of drug-likeness (QED) is 0.523. The van der Waals surface area contributed by atoms with Crippen LogP contribution in [0.25, 0.3) is 0 Å². The number of pyridine rings is 1. The fourth-order valence-electron chi connectivity index (χ4n) is 4.80. The summed E-state index contributed by atoms with van der Waals surface area (Å²) in [6.45, 7) is 5.02. The lowest BCUT2D eigenvalue weighted by atomic mass is 9.72. The summed E-state index contributed by atoms with van der Waals surface area (Å²) in [6, 6.07) is 11.5. The summed E-state index contributed by atoms with van der Waals surface area (Å²) in [7, 11) is 1.59. The number of hydrogen-bond acceptors (Lipinski definition) is 8. The third-order valence-corrected chi connectivity index (χ3v) is 7.16. The number of amides is 1. The van der Waals surface area contributed by atoms with Crippen LogP contribution in [0.1, 0.15) is 25.3 Å². The average Bonchev–Trinajstić information content (AvgIpc) is 3.19. The largest absolute Gasteiger partial charge is 0.493 e. The van der Waals surface area contributed by atoms with Gasteiger partial charge in [0.1, 0.15) is 11.9 Å². The fourth-order valence-corrected chi connectivity index (χ4v) is 4.80. The molecule has 4 rings (SSSR count). The van der Waals surface area contributed by atoms with Crippen LogP contribution in [0.2, 0.25) is 0 Å². The van der Waals surface area contributed by atoms with E-state index in [1.165, 1.54) is 4.90 Å². The number of benzene rings is 1. The lowest BCUT2D eigenvalue weighted by molar-refractivity contribution is -0.141. The number of carbonyl (C=O) groups is 1. The molecule has 0 bridgehead atoms. The molecular weight excluding hydrogens is 438 g/mol. The molecule has 4 atom stereocenters. The predicted octanol–water partition coefficient (Wildman–Crippen LogP) is 1.02. The Kier molecular flexibility index (Phi) is 6.97. The number of aromatic nitrogens is 1. The Morgan fingerprint density at radius 2 is 1.97 bits per heavy atom. The third kappa shape index (κ3) is 4.55. The normalized spacial score (nSPS) is 24.5. The maximum atomic E-state index is 12.6. The molecule has 9 heteroatoms. The lowest BCUT2D eigenvalue weighted by Gasteiger charge is -2.40. The van der Waals surface area contributed by atoms with Crippen LogP contribution in [0, 0.1) is 5.41 Å². The molecule has 2 aliphatic heterocycles. The SMILES string of the molecule is COc1ccc([C@@H]2CN(C(=O)C(O)CO)C[C@@]2(C)C(C)O)cc1OC1CN(c2ccccn2)C1. The minimum absolute atomic E-state index is 0.0179. The van der Waals surface area contributed by atoms with Gasteiger partial charge < -0.3 is 34.6 Å². The number of hydrogen-bond donors (Lipinski definition) is 3. The topological polar surface area (TPSA) is 116 Å². The summed E-state index contributed by atoms with van der Waals surface area (Å²) in [5, 5.41) is 29.7. The Hall–Kier alpha value is -2.88. The van der Waals surface area contributed by atoms with Crippen LogP contribution in [-0.2, 0) is 4.79 Å². The molecule has 2 aliphatic rings. The van der Waals surface area contributed by atoms with Crippen molar-refractivity contribution >= 4 is 11.7 Å². The Labute approximate surface area is 199 Å². The first-order valence-electron chi connectivity index (χ1n) is 11.5. The molecule has 34 heavy (non-hydrogen) atoms. The highest BCUT2D eigenvalue weighted by atomic mass is 16.5. The van der Waals surface area contributed by atoms with E-state index in [1.54, 1.807) is 20.2 Å². The first-order valence-corrected chi connectivity index (χ1v) is 11.5. The van der Waals surface area contributed by atoms with Gasteiger partial charge in [-0.25, -0.2) is 4.98 Å². The van der Waals surface area contributed by atoms with E-state index in [4.69, 9.17) is 9.47 Å². The molecule has 3 heterocycles. The van der Waals surface area contributed by atoms with Crippen molar-refractivity contribution in [1.82, 2.24) is 9.88 Å². The van der Waals surface area contributed by atoms with Gasteiger partial charge in [0, 0.05) is 30.6 Å². The van der Waals surface area contributed by atoms with Crippen molar-refractivity contribution in [1.29, 1.82) is 0 Å². The molecule has 1 aromatic heterocycles. The van der Waals surface area contributed by atoms with Crippen molar-refractivity contribution in [3.63, 3.8) is 0 Å². The number of ether oxygens (including phenoxy) is 2. The van der Waals surface area contributed by atoms with E-state index in [2.05, 4.69) is 9.88 Å². The van der Waals surface area contributed by atoms with Gasteiger partial charge in [-0.1, -0.05) is 19.1 Å². The van der Waals surface area contributed by atoms with E-state index >= 15 is 0 Å². The molecule has 3 N–H and O–H groups in total. The molecule has 0 aliphatic carbocycles. The number of anilines is 1. The summed E-state index contributed by atoms with van der Waals surface area (Å²) >= 11 is 0. The highest BCUT2D eigenvalue weighted by Crippen LogP contribution is 2.47. The molecule has 2 aromatic rings. The van der Waals surface area contributed by atoms with Gasteiger partial charge in [0.15, 0.2) is 17.6 Å². The minimum Gasteiger partial charge on any atom is -0.493 e. The van der Waals surface area contributed by atoms with Gasteiger partial charge in [0.05, 0.1) is 32.9 Å². The fraction of sp³-hybridized carbons (Fsp3) is 0.520. The van der Waals surface area contributed by atoms with E-state index in [-0.39, 0.29) is 18.6 Å². The van der Waals surface area contributed by atoms with Crippen molar-refractivity contribution in [2.75, 3.05) is 44.8 Å². The number of methoxy groups -OCH3 is 1. The van der Waals surface area contributed by atoms with Crippen LogP contribution in [0.3, 0.4) is 0 Å². The summed E-state index contributed by atoms with van der Waals surface area (Å²) in [5.41, 5.74) is 0.275. The van der Waals surface area contributed by atoms with E-state index in [9.17, 15) is 20.1 Å². The minimum atomic E-state index is -1.47. The van der Waals surface area contributed by atoms with Gasteiger partial charge in [-0.05, 0) is 36.8 Å². The Bertz CT molecular complexity index is 997. The highest BCUT2D eigenvalue weighted by molar-refractivity contribution is 5.81. The van der Waals surface area contributed by atoms with Gasteiger partial charge in [0.2, 0.25) is 0 Å². The number of likely N-dealkylation sites (tertiary alicyclic amines) is 1. The summed E-state index contributed by atoms with van der Waals surface area (Å²) in [6.07, 6.45) is -0.417. The number of aliphatic hydroxyl groups is 3. The number of carbonyl (C=O) groups excluding carboxylic acids is 1. The number of aliphatic hydroxyl groups excluding tert-OH is 3. The summed E-state index contributed by atoms with van der Waals surface area (Å²) in [5.74, 6) is 1.41. The zero-order chi connectivity index (χ0) is 24.5. The van der Waals surface area contributed by atoms with Gasteiger partial charge in [-0.15, -0.1) is 0 Å². The van der Waals surface area contributed by atoms with Crippen molar-refractivity contribution in [2.24, 2.45) is 5.41 Å². The standard InChI is InChI=1S/C25H33N3O6/c1-16(30)25(2)15-28(24(32)20(31)14-29)13-19(25)17-7-8-21(33-3)22(10-17)34-18-11-27(12-18)23-6-4-5-9-26-23/h4-10,16,18-20,29-31H,11-15H2,1-3H3/t16?,19-,20?,25-/m0/s1. The van der Waals surface area contributed by atoms with E-state index in [1.807, 2.05) is 43.3 Å². The molecule has 2 fully saturated rings.